The number of likely N-dealkylation sites (tertiary alicyclic amines) is 1. The molecular formula is C17H25N3. The maximum absolute atomic E-state index is 4.66. The Morgan fingerprint density at radius 3 is 2.75 bits per heavy atom. The van der Waals surface area contributed by atoms with Crippen LogP contribution in [0.3, 0.4) is 0 Å². The van der Waals surface area contributed by atoms with Gasteiger partial charge in [0.05, 0.1) is 0 Å². The molecule has 1 atom stereocenters. The van der Waals surface area contributed by atoms with E-state index in [0.717, 1.165) is 31.5 Å². The zero-order chi connectivity index (χ0) is 13.8. The minimum absolute atomic E-state index is 0.688. The van der Waals surface area contributed by atoms with Crippen LogP contribution < -0.4 is 5.32 Å². The predicted molar refractivity (Wildman–Crippen MR) is 84.0 cm³/mol. The molecule has 0 radical (unpaired) electrons. The van der Waals surface area contributed by atoms with Gasteiger partial charge in [-0.3, -0.25) is 4.99 Å². The summed E-state index contributed by atoms with van der Waals surface area (Å²) in [7, 11) is 0. The molecule has 1 aromatic rings. The van der Waals surface area contributed by atoms with Gasteiger partial charge in [0.15, 0.2) is 5.96 Å². The van der Waals surface area contributed by atoms with E-state index in [1.165, 1.54) is 31.2 Å². The number of hydrogen-bond acceptors (Lipinski definition) is 1. The molecule has 1 aromatic carbocycles. The molecule has 1 aliphatic heterocycles. The molecule has 1 aliphatic carbocycles. The van der Waals surface area contributed by atoms with Crippen molar-refractivity contribution in [1.82, 2.24) is 10.2 Å². The second kappa shape index (κ2) is 6.29. The summed E-state index contributed by atoms with van der Waals surface area (Å²) < 4.78 is 0. The fraction of sp³-hybridized carbons (Fsp3) is 0.588. The summed E-state index contributed by atoms with van der Waals surface area (Å²) in [6.07, 6.45) is 5.10. The van der Waals surface area contributed by atoms with Crippen LogP contribution in [0, 0.1) is 5.92 Å². The first-order valence-corrected chi connectivity index (χ1v) is 7.95. The first kappa shape index (κ1) is 13.5. The normalized spacial score (nSPS) is 23.1. The molecule has 2 fully saturated rings. The Morgan fingerprint density at radius 2 is 2.05 bits per heavy atom. The Balaban J connectivity index is 1.56. The van der Waals surface area contributed by atoms with Crippen LogP contribution in [0.2, 0.25) is 0 Å². The van der Waals surface area contributed by atoms with Gasteiger partial charge in [0.2, 0.25) is 0 Å². The lowest BCUT2D eigenvalue weighted by Gasteiger charge is -2.22. The van der Waals surface area contributed by atoms with Crippen molar-refractivity contribution in [3.8, 4) is 0 Å². The van der Waals surface area contributed by atoms with E-state index in [4.69, 9.17) is 0 Å². The van der Waals surface area contributed by atoms with Crippen molar-refractivity contribution >= 4 is 5.96 Å². The largest absolute Gasteiger partial charge is 0.354 e. The Morgan fingerprint density at radius 1 is 1.25 bits per heavy atom. The zero-order valence-corrected chi connectivity index (χ0v) is 12.4. The van der Waals surface area contributed by atoms with Gasteiger partial charge < -0.3 is 10.2 Å². The van der Waals surface area contributed by atoms with Crippen LogP contribution in [0.15, 0.2) is 35.3 Å². The monoisotopic (exact) mass is 271 g/mol. The first-order valence-electron chi connectivity index (χ1n) is 7.95. The second-order valence-electron chi connectivity index (χ2n) is 6.01. The maximum atomic E-state index is 4.66. The molecule has 1 saturated heterocycles. The van der Waals surface area contributed by atoms with Crippen molar-refractivity contribution < 1.29 is 0 Å². The smallest absolute Gasteiger partial charge is 0.194 e. The van der Waals surface area contributed by atoms with Crippen LogP contribution in [0.1, 0.15) is 31.7 Å². The molecule has 20 heavy (non-hydrogen) atoms. The zero-order valence-electron chi connectivity index (χ0n) is 12.4. The minimum Gasteiger partial charge on any atom is -0.354 e. The molecule has 1 N–H and O–H groups in total. The number of benzene rings is 1. The van der Waals surface area contributed by atoms with E-state index in [-0.39, 0.29) is 0 Å². The van der Waals surface area contributed by atoms with Gasteiger partial charge in [-0.1, -0.05) is 30.3 Å². The molecular weight excluding hydrogens is 246 g/mol. The molecule has 108 valence electrons. The highest BCUT2D eigenvalue weighted by Gasteiger charge is 2.29. The van der Waals surface area contributed by atoms with Gasteiger partial charge in [0.25, 0.3) is 0 Å². The van der Waals surface area contributed by atoms with Gasteiger partial charge in [-0.05, 0) is 44.1 Å². The molecule has 0 bridgehead atoms. The van der Waals surface area contributed by atoms with E-state index in [2.05, 4.69) is 52.5 Å². The predicted octanol–water partition coefficient (Wildman–Crippen LogP) is 2.68. The summed E-state index contributed by atoms with van der Waals surface area (Å²) in [4.78, 5) is 7.11. The van der Waals surface area contributed by atoms with Crippen molar-refractivity contribution in [3.05, 3.63) is 35.9 Å². The van der Waals surface area contributed by atoms with Gasteiger partial charge in [0.1, 0.15) is 0 Å². The van der Waals surface area contributed by atoms with Crippen LogP contribution in [-0.4, -0.2) is 36.5 Å². The van der Waals surface area contributed by atoms with Gasteiger partial charge in [-0.25, -0.2) is 0 Å². The number of nitrogens with zero attached hydrogens (tertiary/aromatic N) is 2. The Labute approximate surface area is 122 Å². The van der Waals surface area contributed by atoms with Gasteiger partial charge in [0, 0.05) is 25.7 Å². The van der Waals surface area contributed by atoms with Gasteiger partial charge in [-0.2, -0.15) is 0 Å². The van der Waals surface area contributed by atoms with Crippen molar-refractivity contribution in [2.24, 2.45) is 10.9 Å². The van der Waals surface area contributed by atoms with Crippen molar-refractivity contribution in [1.29, 1.82) is 0 Å². The summed E-state index contributed by atoms with van der Waals surface area (Å²) in [6, 6.07) is 11.5. The number of rotatable bonds is 4. The molecule has 0 aromatic heterocycles. The minimum atomic E-state index is 0.688. The van der Waals surface area contributed by atoms with Crippen LogP contribution in [0.25, 0.3) is 0 Å². The van der Waals surface area contributed by atoms with Gasteiger partial charge >= 0.3 is 0 Å². The van der Waals surface area contributed by atoms with Crippen molar-refractivity contribution in [2.75, 3.05) is 19.6 Å². The second-order valence-corrected chi connectivity index (χ2v) is 6.01. The molecule has 1 saturated carbocycles. The Bertz CT molecular complexity index is 451. The van der Waals surface area contributed by atoms with Gasteiger partial charge in [-0.15, -0.1) is 0 Å². The lowest BCUT2D eigenvalue weighted by molar-refractivity contribution is 0.458. The maximum Gasteiger partial charge on any atom is 0.194 e. The molecule has 1 heterocycles. The third kappa shape index (κ3) is 3.53. The number of aliphatic imine (C=N–C) groups is 1. The number of guanidine groups is 1. The summed E-state index contributed by atoms with van der Waals surface area (Å²) in [5.41, 5.74) is 1.46. The van der Waals surface area contributed by atoms with E-state index >= 15 is 0 Å². The molecule has 0 amide bonds. The highest BCUT2D eigenvalue weighted by molar-refractivity contribution is 5.80. The summed E-state index contributed by atoms with van der Waals surface area (Å²) >= 11 is 0. The fourth-order valence-corrected chi connectivity index (χ4v) is 2.94. The standard InChI is InChI=1S/C17H25N3/c1-2-18-17(19-16-8-9-16)20-11-10-15(13-20)12-14-6-4-3-5-7-14/h3-7,15-16H,2,8-13H2,1H3,(H,18,19). The summed E-state index contributed by atoms with van der Waals surface area (Å²) in [5.74, 6) is 1.91. The Kier molecular flexibility index (Phi) is 4.24. The molecule has 2 aliphatic rings. The first-order chi connectivity index (χ1) is 9.85. The third-order valence-electron chi connectivity index (χ3n) is 4.17. The quantitative estimate of drug-likeness (QED) is 0.673. The third-order valence-corrected chi connectivity index (χ3v) is 4.17. The van der Waals surface area contributed by atoms with Crippen LogP contribution in [0.4, 0.5) is 0 Å². The summed E-state index contributed by atoms with van der Waals surface area (Å²) in [6.45, 7) is 5.28. The average molecular weight is 271 g/mol. The van der Waals surface area contributed by atoms with E-state index in [0.29, 0.717) is 6.04 Å². The molecule has 3 nitrogen and oxygen atoms in total. The molecule has 3 heteroatoms. The highest BCUT2D eigenvalue weighted by atomic mass is 15.3. The lowest BCUT2D eigenvalue weighted by Crippen LogP contribution is -2.41. The molecule has 0 spiro atoms. The van der Waals surface area contributed by atoms with Crippen molar-refractivity contribution in [3.63, 3.8) is 0 Å². The fourth-order valence-electron chi connectivity index (χ4n) is 2.94. The van der Waals surface area contributed by atoms with Crippen LogP contribution >= 0.6 is 0 Å². The van der Waals surface area contributed by atoms with E-state index < -0.39 is 0 Å². The Hall–Kier alpha value is -1.51. The summed E-state index contributed by atoms with van der Waals surface area (Å²) in [5, 5.41) is 3.59. The lowest BCUT2D eigenvalue weighted by atomic mass is 9.99. The topological polar surface area (TPSA) is 27.6 Å². The SMILES string of the molecule is CCN=C(NC1CC1)N1CCC(Cc2ccccc2)C1. The molecule has 3 rings (SSSR count). The van der Waals surface area contributed by atoms with E-state index in [1.807, 2.05) is 0 Å². The van der Waals surface area contributed by atoms with E-state index in [9.17, 15) is 0 Å². The van der Waals surface area contributed by atoms with Crippen LogP contribution in [-0.2, 0) is 6.42 Å². The molecule has 1 unspecified atom stereocenters. The number of hydrogen-bond donors (Lipinski definition) is 1. The highest BCUT2D eigenvalue weighted by Crippen LogP contribution is 2.23. The van der Waals surface area contributed by atoms with Crippen molar-refractivity contribution in [2.45, 2.75) is 38.6 Å². The number of nitrogens with one attached hydrogen (secondary N) is 1. The van der Waals surface area contributed by atoms with Crippen LogP contribution in [0.5, 0.6) is 0 Å². The average Bonchev–Trinajstić information content (AvgIpc) is 3.17. The van der Waals surface area contributed by atoms with E-state index in [1.54, 1.807) is 0 Å².